The van der Waals surface area contributed by atoms with E-state index in [1.807, 2.05) is 13.0 Å². The molecule has 1 aromatic carbocycles. The first-order chi connectivity index (χ1) is 8.22. The maximum Gasteiger partial charge on any atom is 0.145 e. The summed E-state index contributed by atoms with van der Waals surface area (Å²) in [5, 5.41) is 3.08. The maximum absolute atomic E-state index is 13.4. The van der Waals surface area contributed by atoms with E-state index in [9.17, 15) is 4.39 Å². The van der Waals surface area contributed by atoms with Crippen LogP contribution in [0.4, 0.5) is 10.2 Å². The van der Waals surface area contributed by atoms with Crippen LogP contribution in [0.5, 0.6) is 0 Å². The summed E-state index contributed by atoms with van der Waals surface area (Å²) in [5.41, 5.74) is 2.05. The number of hydrogen-bond donors (Lipinski definition) is 1. The van der Waals surface area contributed by atoms with Crippen molar-refractivity contribution in [2.45, 2.75) is 13.8 Å². The SMILES string of the molecule is CCNc1cncc(-c2cccc(F)c2C)n1. The molecule has 17 heavy (non-hydrogen) atoms. The molecule has 0 saturated heterocycles. The molecule has 0 atom stereocenters. The summed E-state index contributed by atoms with van der Waals surface area (Å²) in [5.74, 6) is 0.479. The molecule has 1 heterocycles. The number of aromatic nitrogens is 2. The molecule has 0 spiro atoms. The van der Waals surface area contributed by atoms with Crippen molar-refractivity contribution in [3.05, 3.63) is 42.0 Å². The van der Waals surface area contributed by atoms with Gasteiger partial charge in [-0.05, 0) is 25.5 Å². The molecule has 4 heteroatoms. The lowest BCUT2D eigenvalue weighted by Gasteiger charge is -2.07. The van der Waals surface area contributed by atoms with Crippen LogP contribution < -0.4 is 5.32 Å². The normalized spacial score (nSPS) is 10.3. The van der Waals surface area contributed by atoms with Gasteiger partial charge in [-0.1, -0.05) is 12.1 Å². The monoisotopic (exact) mass is 231 g/mol. The molecular formula is C13H14FN3. The van der Waals surface area contributed by atoms with Gasteiger partial charge < -0.3 is 5.32 Å². The first-order valence-electron chi connectivity index (χ1n) is 5.53. The van der Waals surface area contributed by atoms with Crippen molar-refractivity contribution in [1.29, 1.82) is 0 Å². The fourth-order valence-electron chi connectivity index (χ4n) is 1.65. The van der Waals surface area contributed by atoms with Gasteiger partial charge in [-0.3, -0.25) is 4.98 Å². The third kappa shape index (κ3) is 2.41. The summed E-state index contributed by atoms with van der Waals surface area (Å²) in [4.78, 5) is 8.50. The van der Waals surface area contributed by atoms with E-state index in [4.69, 9.17) is 0 Å². The number of benzene rings is 1. The zero-order valence-electron chi connectivity index (χ0n) is 9.87. The number of anilines is 1. The summed E-state index contributed by atoms with van der Waals surface area (Å²) in [6.07, 6.45) is 3.30. The predicted octanol–water partition coefficient (Wildman–Crippen LogP) is 3.02. The average molecular weight is 231 g/mol. The van der Waals surface area contributed by atoms with E-state index >= 15 is 0 Å². The molecule has 2 aromatic rings. The number of nitrogens with zero attached hydrogens (tertiary/aromatic N) is 2. The van der Waals surface area contributed by atoms with Crippen LogP contribution in [0, 0.1) is 12.7 Å². The summed E-state index contributed by atoms with van der Waals surface area (Å²) >= 11 is 0. The maximum atomic E-state index is 13.4. The van der Waals surface area contributed by atoms with Crippen molar-refractivity contribution < 1.29 is 4.39 Å². The van der Waals surface area contributed by atoms with Crippen molar-refractivity contribution in [1.82, 2.24) is 9.97 Å². The minimum Gasteiger partial charge on any atom is -0.369 e. The number of hydrogen-bond acceptors (Lipinski definition) is 3. The van der Waals surface area contributed by atoms with Gasteiger partial charge in [-0.2, -0.15) is 0 Å². The second kappa shape index (κ2) is 4.91. The van der Waals surface area contributed by atoms with Crippen LogP contribution in [0.2, 0.25) is 0 Å². The van der Waals surface area contributed by atoms with Crippen LogP contribution in [0.25, 0.3) is 11.3 Å². The van der Waals surface area contributed by atoms with Gasteiger partial charge in [-0.25, -0.2) is 9.37 Å². The third-order valence-corrected chi connectivity index (χ3v) is 2.54. The van der Waals surface area contributed by atoms with Crippen molar-refractivity contribution >= 4 is 5.82 Å². The van der Waals surface area contributed by atoms with Crippen LogP contribution in [-0.2, 0) is 0 Å². The smallest absolute Gasteiger partial charge is 0.145 e. The molecule has 0 fully saturated rings. The second-order valence-electron chi connectivity index (χ2n) is 3.73. The highest BCUT2D eigenvalue weighted by molar-refractivity contribution is 5.64. The molecule has 0 bridgehead atoms. The third-order valence-electron chi connectivity index (χ3n) is 2.54. The van der Waals surface area contributed by atoms with E-state index in [1.165, 1.54) is 6.07 Å². The Hall–Kier alpha value is -1.97. The van der Waals surface area contributed by atoms with Gasteiger partial charge in [0.1, 0.15) is 11.6 Å². The van der Waals surface area contributed by atoms with Crippen LogP contribution >= 0.6 is 0 Å². The van der Waals surface area contributed by atoms with Gasteiger partial charge in [0.05, 0.1) is 18.1 Å². The van der Waals surface area contributed by atoms with Crippen LogP contribution in [0.15, 0.2) is 30.6 Å². The van der Waals surface area contributed by atoms with Gasteiger partial charge in [0.2, 0.25) is 0 Å². The first kappa shape index (κ1) is 11.5. The molecule has 0 radical (unpaired) electrons. The lowest BCUT2D eigenvalue weighted by Crippen LogP contribution is -2.01. The fourth-order valence-corrected chi connectivity index (χ4v) is 1.65. The molecule has 0 aliphatic carbocycles. The molecular weight excluding hydrogens is 217 g/mol. The summed E-state index contributed by atoms with van der Waals surface area (Å²) in [6, 6.07) is 4.97. The largest absolute Gasteiger partial charge is 0.369 e. The number of nitrogens with one attached hydrogen (secondary N) is 1. The van der Waals surface area contributed by atoms with Crippen LogP contribution in [-0.4, -0.2) is 16.5 Å². The lowest BCUT2D eigenvalue weighted by molar-refractivity contribution is 0.619. The Kier molecular flexibility index (Phi) is 3.32. The Balaban J connectivity index is 2.45. The Morgan fingerprint density at radius 2 is 2.12 bits per heavy atom. The van der Waals surface area contributed by atoms with Crippen LogP contribution in [0.3, 0.4) is 0 Å². The number of rotatable bonds is 3. The Morgan fingerprint density at radius 1 is 1.29 bits per heavy atom. The molecule has 1 N–H and O–H groups in total. The van der Waals surface area contributed by atoms with Crippen molar-refractivity contribution in [3.63, 3.8) is 0 Å². The summed E-state index contributed by atoms with van der Waals surface area (Å²) in [7, 11) is 0. The zero-order valence-corrected chi connectivity index (χ0v) is 9.87. The van der Waals surface area contributed by atoms with E-state index < -0.39 is 0 Å². The van der Waals surface area contributed by atoms with E-state index in [0.29, 0.717) is 17.1 Å². The Labute approximate surface area is 99.7 Å². The standard InChI is InChI=1S/C13H14FN3/c1-3-16-13-8-15-7-12(17-13)10-5-4-6-11(14)9(10)2/h4-8H,3H2,1-2H3,(H,16,17). The first-order valence-corrected chi connectivity index (χ1v) is 5.53. The summed E-state index contributed by atoms with van der Waals surface area (Å²) < 4.78 is 13.4. The molecule has 2 rings (SSSR count). The molecule has 1 aromatic heterocycles. The van der Waals surface area contributed by atoms with E-state index in [1.54, 1.807) is 25.4 Å². The highest BCUT2D eigenvalue weighted by atomic mass is 19.1. The van der Waals surface area contributed by atoms with Crippen molar-refractivity contribution in [2.75, 3.05) is 11.9 Å². The van der Waals surface area contributed by atoms with Crippen molar-refractivity contribution in [2.24, 2.45) is 0 Å². The highest BCUT2D eigenvalue weighted by Gasteiger charge is 2.07. The fraction of sp³-hybridized carbons (Fsp3) is 0.231. The average Bonchev–Trinajstić information content (AvgIpc) is 2.33. The van der Waals surface area contributed by atoms with Crippen molar-refractivity contribution in [3.8, 4) is 11.3 Å². The minimum absolute atomic E-state index is 0.224. The number of halogens is 1. The second-order valence-corrected chi connectivity index (χ2v) is 3.73. The van der Waals surface area contributed by atoms with Gasteiger partial charge in [0.15, 0.2) is 0 Å². The quantitative estimate of drug-likeness (QED) is 0.882. The topological polar surface area (TPSA) is 37.8 Å². The molecule has 0 unspecified atom stereocenters. The predicted molar refractivity (Wildman–Crippen MR) is 66.3 cm³/mol. The highest BCUT2D eigenvalue weighted by Crippen LogP contribution is 2.23. The van der Waals surface area contributed by atoms with Gasteiger partial charge in [0, 0.05) is 12.1 Å². The van der Waals surface area contributed by atoms with Crippen LogP contribution in [0.1, 0.15) is 12.5 Å². The molecule has 0 saturated carbocycles. The summed E-state index contributed by atoms with van der Waals surface area (Å²) in [6.45, 7) is 4.51. The van der Waals surface area contributed by atoms with Gasteiger partial charge in [-0.15, -0.1) is 0 Å². The molecule has 3 nitrogen and oxygen atoms in total. The van der Waals surface area contributed by atoms with E-state index in [-0.39, 0.29) is 5.82 Å². The Morgan fingerprint density at radius 3 is 2.88 bits per heavy atom. The molecule has 88 valence electrons. The molecule has 0 aliphatic heterocycles. The van der Waals surface area contributed by atoms with E-state index in [2.05, 4.69) is 15.3 Å². The zero-order chi connectivity index (χ0) is 12.3. The molecule has 0 amide bonds. The Bertz CT molecular complexity index is 526. The van der Waals surface area contributed by atoms with Gasteiger partial charge >= 0.3 is 0 Å². The molecule has 0 aliphatic rings. The lowest BCUT2D eigenvalue weighted by atomic mass is 10.1. The minimum atomic E-state index is -0.224. The van der Waals surface area contributed by atoms with Gasteiger partial charge in [0.25, 0.3) is 0 Å². The van der Waals surface area contributed by atoms with E-state index in [0.717, 1.165) is 12.1 Å².